The van der Waals surface area contributed by atoms with Crippen LogP contribution in [0.25, 0.3) is 0 Å². The minimum absolute atomic E-state index is 0.125. The van der Waals surface area contributed by atoms with Crippen molar-refractivity contribution in [1.82, 2.24) is 0 Å². The first kappa shape index (κ1) is 16.1. The first-order chi connectivity index (χ1) is 9.49. The fourth-order valence-electron chi connectivity index (χ4n) is 1.21. The van der Waals surface area contributed by atoms with Gasteiger partial charge in [0.15, 0.2) is 0 Å². The average molecular weight is 286 g/mol. The van der Waals surface area contributed by atoms with Crippen molar-refractivity contribution < 1.29 is 39.5 Å². The van der Waals surface area contributed by atoms with Gasteiger partial charge in [-0.25, -0.2) is 9.59 Å². The van der Waals surface area contributed by atoms with Gasteiger partial charge in [0.25, 0.3) is 12.6 Å². The number of hydrogen-bond donors (Lipinski definition) is 4. The lowest BCUT2D eigenvalue weighted by atomic mass is 10.1. The molecule has 8 nitrogen and oxygen atoms in total. The molecule has 0 saturated heterocycles. The van der Waals surface area contributed by atoms with E-state index < -0.39 is 24.5 Å². The van der Waals surface area contributed by atoms with Crippen molar-refractivity contribution in [3.63, 3.8) is 0 Å². The van der Waals surface area contributed by atoms with Gasteiger partial charge >= 0.3 is 11.9 Å². The SMILES string of the molecule is O=C1OC(O)C(O)OC(=O)c2ccc1cc2.OCCO. The van der Waals surface area contributed by atoms with Crippen LogP contribution in [0.3, 0.4) is 0 Å². The number of aliphatic hydroxyl groups excluding tert-OH is 4. The van der Waals surface area contributed by atoms with Crippen LogP contribution in [0.2, 0.25) is 0 Å². The van der Waals surface area contributed by atoms with Crippen molar-refractivity contribution in [2.24, 2.45) is 0 Å². The molecule has 2 heterocycles. The highest BCUT2D eigenvalue weighted by molar-refractivity contribution is 5.93. The quantitative estimate of drug-likeness (QED) is 0.464. The fraction of sp³-hybridized carbons (Fsp3) is 0.333. The summed E-state index contributed by atoms with van der Waals surface area (Å²) in [7, 11) is 0. The molecular weight excluding hydrogens is 272 g/mol. The lowest BCUT2D eigenvalue weighted by molar-refractivity contribution is -0.209. The molecule has 0 saturated carbocycles. The highest BCUT2D eigenvalue weighted by Gasteiger charge is 2.27. The van der Waals surface area contributed by atoms with Gasteiger partial charge in [0.1, 0.15) is 0 Å². The van der Waals surface area contributed by atoms with Crippen molar-refractivity contribution in [2.45, 2.75) is 12.6 Å². The second kappa shape index (κ2) is 7.56. The molecule has 0 amide bonds. The number of aliphatic hydroxyl groups is 4. The maximum absolute atomic E-state index is 11.3. The van der Waals surface area contributed by atoms with Gasteiger partial charge in [-0.3, -0.25) is 0 Å². The maximum Gasteiger partial charge on any atom is 0.340 e. The molecule has 0 aromatic heterocycles. The van der Waals surface area contributed by atoms with E-state index in [4.69, 9.17) is 10.2 Å². The Bertz CT molecular complexity index is 412. The third-order valence-corrected chi connectivity index (χ3v) is 2.16. The lowest BCUT2D eigenvalue weighted by Gasteiger charge is -2.19. The molecule has 4 N–H and O–H groups in total. The van der Waals surface area contributed by atoms with Crippen LogP contribution >= 0.6 is 0 Å². The summed E-state index contributed by atoms with van der Waals surface area (Å²) in [5.41, 5.74) is 0.342. The van der Waals surface area contributed by atoms with E-state index in [0.29, 0.717) is 0 Å². The Morgan fingerprint density at radius 3 is 1.35 bits per heavy atom. The third-order valence-electron chi connectivity index (χ3n) is 2.16. The Hall–Kier alpha value is -2.00. The smallest absolute Gasteiger partial charge is 0.340 e. The van der Waals surface area contributed by atoms with Gasteiger partial charge in [-0.2, -0.15) is 0 Å². The molecule has 0 spiro atoms. The highest BCUT2D eigenvalue weighted by atomic mass is 16.7. The molecule has 1 aromatic rings. The molecule has 0 fully saturated rings. The second-order valence-electron chi connectivity index (χ2n) is 3.62. The van der Waals surface area contributed by atoms with E-state index >= 15 is 0 Å². The number of hydrogen-bond acceptors (Lipinski definition) is 8. The van der Waals surface area contributed by atoms with Crippen molar-refractivity contribution >= 4 is 11.9 Å². The van der Waals surface area contributed by atoms with Gasteiger partial charge in [0.2, 0.25) is 0 Å². The molecule has 110 valence electrons. The standard InChI is InChI=1S/C10H8O6.C2H6O2/c11-7-5-1-2-6(4-3-5)8(12)16-10(14)9(13)15-7;3-1-2-4/h1-4,9-10,13-14H;3-4H,1-2H2. The summed E-state index contributed by atoms with van der Waals surface area (Å²) in [6.45, 7) is -0.250. The van der Waals surface area contributed by atoms with E-state index in [2.05, 4.69) is 9.47 Å². The Morgan fingerprint density at radius 2 is 1.10 bits per heavy atom. The van der Waals surface area contributed by atoms with Crippen LogP contribution < -0.4 is 0 Å². The van der Waals surface area contributed by atoms with Crippen LogP contribution in [-0.2, 0) is 9.47 Å². The predicted octanol–water partition coefficient (Wildman–Crippen LogP) is -1.38. The van der Waals surface area contributed by atoms with Crippen LogP contribution in [0.15, 0.2) is 24.3 Å². The molecule has 2 bridgehead atoms. The molecule has 2 unspecified atom stereocenters. The molecule has 8 heteroatoms. The summed E-state index contributed by atoms with van der Waals surface area (Å²) in [6, 6.07) is 5.46. The Kier molecular flexibility index (Phi) is 6.07. The van der Waals surface area contributed by atoms with E-state index in [1.165, 1.54) is 24.3 Å². The van der Waals surface area contributed by atoms with E-state index in [9.17, 15) is 19.8 Å². The van der Waals surface area contributed by atoms with Crippen LogP contribution in [0.1, 0.15) is 20.7 Å². The van der Waals surface area contributed by atoms with Crippen molar-refractivity contribution in [1.29, 1.82) is 0 Å². The number of benzene rings is 1. The normalized spacial score (nSPS) is 21.4. The minimum atomic E-state index is -1.90. The van der Waals surface area contributed by atoms with Gasteiger partial charge in [-0.15, -0.1) is 0 Å². The van der Waals surface area contributed by atoms with Gasteiger partial charge in [0.05, 0.1) is 24.3 Å². The van der Waals surface area contributed by atoms with Crippen molar-refractivity contribution in [3.05, 3.63) is 35.4 Å². The van der Waals surface area contributed by atoms with E-state index in [1.807, 2.05) is 0 Å². The molecule has 2 aliphatic heterocycles. The molecule has 0 radical (unpaired) electrons. The highest BCUT2D eigenvalue weighted by Crippen LogP contribution is 2.13. The molecule has 20 heavy (non-hydrogen) atoms. The first-order valence-electron chi connectivity index (χ1n) is 5.59. The Morgan fingerprint density at radius 1 is 0.800 bits per heavy atom. The zero-order valence-corrected chi connectivity index (χ0v) is 10.3. The Labute approximate surface area is 113 Å². The molecule has 1 aromatic carbocycles. The monoisotopic (exact) mass is 286 g/mol. The number of ether oxygens (including phenoxy) is 2. The van der Waals surface area contributed by atoms with E-state index in [1.54, 1.807) is 0 Å². The Balaban J connectivity index is 0.000000444. The summed E-state index contributed by atoms with van der Waals surface area (Å²) in [6.07, 6.45) is -3.80. The van der Waals surface area contributed by atoms with E-state index in [-0.39, 0.29) is 24.3 Å². The van der Waals surface area contributed by atoms with Crippen LogP contribution in [0.5, 0.6) is 0 Å². The summed E-state index contributed by atoms with van der Waals surface area (Å²) < 4.78 is 8.91. The van der Waals surface area contributed by atoms with Crippen LogP contribution in [-0.4, -0.2) is 58.2 Å². The average Bonchev–Trinajstić information content (AvgIpc) is 2.46. The van der Waals surface area contributed by atoms with Gasteiger partial charge in [-0.1, -0.05) is 0 Å². The molecule has 0 aliphatic carbocycles. The summed E-state index contributed by atoms with van der Waals surface area (Å²) >= 11 is 0. The topological polar surface area (TPSA) is 134 Å². The fourth-order valence-corrected chi connectivity index (χ4v) is 1.21. The molecule has 2 aliphatic rings. The van der Waals surface area contributed by atoms with Gasteiger partial charge in [-0.05, 0) is 24.3 Å². The number of carbonyl (C=O) groups is 2. The molecule has 3 rings (SSSR count). The number of carbonyl (C=O) groups excluding carboxylic acids is 2. The van der Waals surface area contributed by atoms with Crippen LogP contribution in [0, 0.1) is 0 Å². The van der Waals surface area contributed by atoms with Crippen LogP contribution in [0.4, 0.5) is 0 Å². The largest absolute Gasteiger partial charge is 0.425 e. The summed E-state index contributed by atoms with van der Waals surface area (Å²) in [4.78, 5) is 22.7. The number of rotatable bonds is 1. The first-order valence-corrected chi connectivity index (χ1v) is 5.59. The third kappa shape index (κ3) is 4.28. The van der Waals surface area contributed by atoms with Gasteiger partial charge < -0.3 is 29.9 Å². The molecule has 2 atom stereocenters. The number of fused-ring (bicyclic) bond motifs is 7. The molecular formula is C12H14O8. The number of esters is 2. The van der Waals surface area contributed by atoms with Crippen molar-refractivity contribution in [2.75, 3.05) is 13.2 Å². The maximum atomic E-state index is 11.3. The van der Waals surface area contributed by atoms with E-state index in [0.717, 1.165) is 0 Å². The van der Waals surface area contributed by atoms with Crippen molar-refractivity contribution in [3.8, 4) is 0 Å². The lowest BCUT2D eigenvalue weighted by Crippen LogP contribution is -2.35. The summed E-state index contributed by atoms with van der Waals surface area (Å²) in [5.74, 6) is -1.62. The van der Waals surface area contributed by atoms with Gasteiger partial charge in [0, 0.05) is 0 Å². The zero-order chi connectivity index (χ0) is 15.1. The minimum Gasteiger partial charge on any atom is -0.425 e. The predicted molar refractivity (Wildman–Crippen MR) is 63.5 cm³/mol. The zero-order valence-electron chi connectivity index (χ0n) is 10.3. The second-order valence-corrected chi connectivity index (χ2v) is 3.62. The summed E-state index contributed by atoms with van der Waals surface area (Å²) in [5, 5.41) is 33.6.